The largest absolute Gasteiger partial charge is 0.338 e. The third kappa shape index (κ3) is 2.64. The average molecular weight is 234 g/mol. The molecular formula is C12H18N4O. The average Bonchev–Trinajstić information content (AvgIpc) is 2.68. The summed E-state index contributed by atoms with van der Waals surface area (Å²) >= 11 is 0. The Bertz CT molecular complexity index is 444. The standard InChI is InChI=1S/C12H18N4O/c1-5-16-10(3)11(8-14-16)12(17)15(4)9(2)6-7-13/h8-9H,5-6H2,1-4H3. The van der Waals surface area contributed by atoms with Gasteiger partial charge in [-0.05, 0) is 20.8 Å². The molecule has 0 aliphatic carbocycles. The molecule has 1 rings (SSSR count). The van der Waals surface area contributed by atoms with Gasteiger partial charge in [-0.1, -0.05) is 0 Å². The molecule has 0 aromatic carbocycles. The van der Waals surface area contributed by atoms with Crippen molar-refractivity contribution in [3.8, 4) is 6.07 Å². The lowest BCUT2D eigenvalue weighted by Gasteiger charge is -2.22. The maximum Gasteiger partial charge on any atom is 0.257 e. The van der Waals surface area contributed by atoms with Crippen molar-refractivity contribution in [2.75, 3.05) is 7.05 Å². The minimum absolute atomic E-state index is 0.0787. The van der Waals surface area contributed by atoms with E-state index >= 15 is 0 Å². The minimum atomic E-state index is -0.0862. The van der Waals surface area contributed by atoms with E-state index in [1.807, 2.05) is 20.8 Å². The van der Waals surface area contributed by atoms with Gasteiger partial charge in [0.2, 0.25) is 0 Å². The van der Waals surface area contributed by atoms with Gasteiger partial charge in [0.25, 0.3) is 5.91 Å². The number of nitrogens with zero attached hydrogens (tertiary/aromatic N) is 4. The van der Waals surface area contributed by atoms with Crippen molar-refractivity contribution in [3.05, 3.63) is 17.5 Å². The number of carbonyl (C=O) groups excluding carboxylic acids is 1. The minimum Gasteiger partial charge on any atom is -0.338 e. The van der Waals surface area contributed by atoms with Gasteiger partial charge in [0, 0.05) is 25.3 Å². The quantitative estimate of drug-likeness (QED) is 0.794. The molecule has 0 saturated carbocycles. The first-order valence-electron chi connectivity index (χ1n) is 5.69. The molecule has 5 nitrogen and oxygen atoms in total. The molecule has 5 heteroatoms. The maximum absolute atomic E-state index is 12.2. The van der Waals surface area contributed by atoms with Gasteiger partial charge in [-0.3, -0.25) is 9.48 Å². The molecule has 0 saturated heterocycles. The molecule has 92 valence electrons. The number of nitriles is 1. The zero-order valence-corrected chi connectivity index (χ0v) is 10.8. The first-order valence-corrected chi connectivity index (χ1v) is 5.69. The number of hydrogen-bond donors (Lipinski definition) is 0. The molecule has 0 fully saturated rings. The van der Waals surface area contributed by atoms with Crippen molar-refractivity contribution in [2.45, 2.75) is 39.8 Å². The summed E-state index contributed by atoms with van der Waals surface area (Å²) in [4.78, 5) is 13.8. The van der Waals surface area contributed by atoms with Crippen molar-refractivity contribution in [3.63, 3.8) is 0 Å². The maximum atomic E-state index is 12.2. The lowest BCUT2D eigenvalue weighted by molar-refractivity contribution is 0.0745. The Kier molecular flexibility index (Phi) is 4.27. The Morgan fingerprint density at radius 3 is 2.82 bits per heavy atom. The highest BCUT2D eigenvalue weighted by atomic mass is 16.2. The molecule has 1 amide bonds. The lowest BCUT2D eigenvalue weighted by atomic mass is 10.1. The second-order valence-electron chi connectivity index (χ2n) is 4.09. The normalized spacial score (nSPS) is 11.9. The van der Waals surface area contributed by atoms with Gasteiger partial charge in [0.05, 0.1) is 24.3 Å². The van der Waals surface area contributed by atoms with Crippen molar-refractivity contribution in [1.29, 1.82) is 5.26 Å². The topological polar surface area (TPSA) is 61.9 Å². The van der Waals surface area contributed by atoms with Crippen LogP contribution in [0.15, 0.2) is 6.20 Å². The van der Waals surface area contributed by atoms with Gasteiger partial charge >= 0.3 is 0 Å². The van der Waals surface area contributed by atoms with Crippen LogP contribution in [0, 0.1) is 18.3 Å². The van der Waals surface area contributed by atoms with Gasteiger partial charge in [-0.15, -0.1) is 0 Å². The van der Waals surface area contributed by atoms with Crippen molar-refractivity contribution in [1.82, 2.24) is 14.7 Å². The van der Waals surface area contributed by atoms with Crippen LogP contribution in [0.5, 0.6) is 0 Å². The molecule has 0 aliphatic rings. The first kappa shape index (κ1) is 13.2. The third-order valence-corrected chi connectivity index (χ3v) is 3.00. The second-order valence-corrected chi connectivity index (χ2v) is 4.09. The van der Waals surface area contributed by atoms with Crippen LogP contribution in [0.3, 0.4) is 0 Å². The van der Waals surface area contributed by atoms with Crippen LogP contribution in [-0.2, 0) is 6.54 Å². The highest BCUT2D eigenvalue weighted by Crippen LogP contribution is 2.12. The Morgan fingerprint density at radius 1 is 1.71 bits per heavy atom. The van der Waals surface area contributed by atoms with E-state index in [4.69, 9.17) is 5.26 Å². The fourth-order valence-electron chi connectivity index (χ4n) is 1.63. The number of aromatic nitrogens is 2. The zero-order valence-electron chi connectivity index (χ0n) is 10.8. The van der Waals surface area contributed by atoms with E-state index in [2.05, 4.69) is 11.2 Å². The summed E-state index contributed by atoms with van der Waals surface area (Å²) in [5, 5.41) is 12.8. The van der Waals surface area contributed by atoms with Crippen molar-refractivity contribution in [2.24, 2.45) is 0 Å². The smallest absolute Gasteiger partial charge is 0.257 e. The Balaban J connectivity index is 2.89. The van der Waals surface area contributed by atoms with E-state index in [1.165, 1.54) is 0 Å². The Morgan fingerprint density at radius 2 is 2.35 bits per heavy atom. The highest BCUT2D eigenvalue weighted by Gasteiger charge is 2.21. The molecule has 0 aliphatic heterocycles. The number of aryl methyl sites for hydroxylation is 1. The molecule has 0 radical (unpaired) electrons. The molecule has 0 N–H and O–H groups in total. The summed E-state index contributed by atoms with van der Waals surface area (Å²) in [7, 11) is 1.72. The molecule has 0 bridgehead atoms. The highest BCUT2D eigenvalue weighted by molar-refractivity contribution is 5.95. The SMILES string of the molecule is CCn1ncc(C(=O)N(C)C(C)CC#N)c1C. The van der Waals surface area contributed by atoms with Gasteiger partial charge in [0.15, 0.2) is 0 Å². The molecule has 0 spiro atoms. The summed E-state index contributed by atoms with van der Waals surface area (Å²) in [6.07, 6.45) is 1.93. The van der Waals surface area contributed by atoms with Crippen LogP contribution in [0.25, 0.3) is 0 Å². The molecule has 1 aromatic rings. The number of rotatable bonds is 4. The van der Waals surface area contributed by atoms with Gasteiger partial charge in [0.1, 0.15) is 0 Å². The van der Waals surface area contributed by atoms with Gasteiger partial charge in [-0.25, -0.2) is 0 Å². The molecular weight excluding hydrogens is 216 g/mol. The summed E-state index contributed by atoms with van der Waals surface area (Å²) in [5.41, 5.74) is 1.48. The van der Waals surface area contributed by atoms with Crippen LogP contribution < -0.4 is 0 Å². The van der Waals surface area contributed by atoms with Crippen LogP contribution in [0.2, 0.25) is 0 Å². The van der Waals surface area contributed by atoms with Gasteiger partial charge < -0.3 is 4.90 Å². The Labute approximate surface area is 102 Å². The number of amides is 1. The van der Waals surface area contributed by atoms with E-state index in [1.54, 1.807) is 22.8 Å². The van der Waals surface area contributed by atoms with E-state index in [0.29, 0.717) is 12.0 Å². The predicted octanol–water partition coefficient (Wildman–Crippen LogP) is 1.59. The second kappa shape index (κ2) is 5.48. The fourth-order valence-corrected chi connectivity index (χ4v) is 1.63. The van der Waals surface area contributed by atoms with E-state index < -0.39 is 0 Å². The fraction of sp³-hybridized carbons (Fsp3) is 0.583. The van der Waals surface area contributed by atoms with Crippen LogP contribution in [0.1, 0.15) is 36.3 Å². The summed E-state index contributed by atoms with van der Waals surface area (Å²) in [6.45, 7) is 6.47. The third-order valence-electron chi connectivity index (χ3n) is 3.00. The molecule has 1 aromatic heterocycles. The van der Waals surface area contributed by atoms with E-state index in [-0.39, 0.29) is 11.9 Å². The molecule has 1 unspecified atom stereocenters. The Hall–Kier alpha value is -1.83. The van der Waals surface area contributed by atoms with Crippen molar-refractivity contribution < 1.29 is 4.79 Å². The van der Waals surface area contributed by atoms with E-state index in [0.717, 1.165) is 12.2 Å². The molecule has 17 heavy (non-hydrogen) atoms. The monoisotopic (exact) mass is 234 g/mol. The molecule has 1 atom stereocenters. The van der Waals surface area contributed by atoms with E-state index in [9.17, 15) is 4.79 Å². The predicted molar refractivity (Wildman–Crippen MR) is 64.4 cm³/mol. The number of hydrogen-bond acceptors (Lipinski definition) is 3. The summed E-state index contributed by atoms with van der Waals surface area (Å²) < 4.78 is 1.79. The van der Waals surface area contributed by atoms with Crippen LogP contribution >= 0.6 is 0 Å². The summed E-state index contributed by atoms with van der Waals surface area (Å²) in [6, 6.07) is 1.98. The lowest BCUT2D eigenvalue weighted by Crippen LogP contribution is -2.35. The molecule has 1 heterocycles. The van der Waals surface area contributed by atoms with Crippen molar-refractivity contribution >= 4 is 5.91 Å². The van der Waals surface area contributed by atoms with Crippen LogP contribution in [-0.4, -0.2) is 33.7 Å². The first-order chi connectivity index (χ1) is 8.02. The van der Waals surface area contributed by atoms with Crippen LogP contribution in [0.4, 0.5) is 0 Å². The zero-order chi connectivity index (χ0) is 13.0. The number of carbonyl (C=O) groups is 1. The summed E-state index contributed by atoms with van der Waals surface area (Å²) in [5.74, 6) is -0.0787. The van der Waals surface area contributed by atoms with Gasteiger partial charge in [-0.2, -0.15) is 10.4 Å².